The second-order valence-corrected chi connectivity index (χ2v) is 2.41. The Morgan fingerprint density at radius 1 is 1.60 bits per heavy atom. The smallest absolute Gasteiger partial charge is 0.220 e. The summed E-state index contributed by atoms with van der Waals surface area (Å²) in [5.41, 5.74) is 5.21. The predicted octanol–water partition coefficient (Wildman–Crippen LogP) is -0.229. The zero-order valence-corrected chi connectivity index (χ0v) is 6.86. The molecule has 0 aliphatic heterocycles. The van der Waals surface area contributed by atoms with E-state index >= 15 is 0 Å². The van der Waals surface area contributed by atoms with Gasteiger partial charge < -0.3 is 11.1 Å². The highest BCUT2D eigenvalue weighted by Crippen LogP contribution is 1.84. The largest absolute Gasteiger partial charge is 0.355 e. The molecule has 0 unspecified atom stereocenters. The Labute approximate surface area is 66.8 Å². The van der Waals surface area contributed by atoms with Crippen molar-refractivity contribution in [3.63, 3.8) is 0 Å². The molecule has 10 heavy (non-hydrogen) atoms. The number of rotatable bonds is 5. The molecular weight excluding hydrogens is 148 g/mol. The van der Waals surface area contributed by atoms with Gasteiger partial charge in [-0.25, -0.2) is 0 Å². The Balaban J connectivity index is 3.09. The van der Waals surface area contributed by atoms with Crippen LogP contribution in [0.2, 0.25) is 0 Å². The third kappa shape index (κ3) is 5.91. The zero-order valence-electron chi connectivity index (χ0n) is 5.97. The molecule has 0 spiro atoms. The van der Waals surface area contributed by atoms with Gasteiger partial charge in [0.1, 0.15) is 0 Å². The summed E-state index contributed by atoms with van der Waals surface area (Å²) in [7, 11) is 0. The summed E-state index contributed by atoms with van der Waals surface area (Å²) in [6.07, 6.45) is 1.29. The van der Waals surface area contributed by atoms with Crippen molar-refractivity contribution in [3.05, 3.63) is 0 Å². The summed E-state index contributed by atoms with van der Waals surface area (Å²) >= 11 is 3.95. The maximum Gasteiger partial charge on any atom is 0.220 e. The van der Waals surface area contributed by atoms with Gasteiger partial charge in [-0.15, -0.1) is 0 Å². The van der Waals surface area contributed by atoms with Crippen LogP contribution in [0.1, 0.15) is 12.8 Å². The average Bonchev–Trinajstić information content (AvgIpc) is 1.97. The van der Waals surface area contributed by atoms with Gasteiger partial charge in [0.2, 0.25) is 5.91 Å². The predicted molar refractivity (Wildman–Crippen MR) is 45.2 cm³/mol. The van der Waals surface area contributed by atoms with Crippen molar-refractivity contribution in [2.75, 3.05) is 18.8 Å². The fraction of sp³-hybridized carbons (Fsp3) is 0.833. The zero-order chi connectivity index (χ0) is 7.82. The summed E-state index contributed by atoms with van der Waals surface area (Å²) in [5.74, 6) is 0.758. The van der Waals surface area contributed by atoms with Crippen molar-refractivity contribution < 1.29 is 4.79 Å². The SMILES string of the molecule is NCCCC(=O)NCCS. The maximum atomic E-state index is 10.8. The highest BCUT2D eigenvalue weighted by atomic mass is 32.1. The number of nitrogens with one attached hydrogen (secondary N) is 1. The van der Waals surface area contributed by atoms with Crippen LogP contribution in [0.25, 0.3) is 0 Å². The molecule has 0 saturated carbocycles. The van der Waals surface area contributed by atoms with Crippen LogP contribution in [-0.4, -0.2) is 24.7 Å². The molecule has 0 aromatic heterocycles. The van der Waals surface area contributed by atoms with Crippen LogP contribution < -0.4 is 11.1 Å². The first-order chi connectivity index (χ1) is 4.81. The van der Waals surface area contributed by atoms with Crippen LogP contribution in [0, 0.1) is 0 Å². The molecule has 1 amide bonds. The van der Waals surface area contributed by atoms with Crippen LogP contribution >= 0.6 is 12.6 Å². The third-order valence-electron chi connectivity index (χ3n) is 1.04. The van der Waals surface area contributed by atoms with Crippen molar-refractivity contribution in [2.45, 2.75) is 12.8 Å². The van der Waals surface area contributed by atoms with E-state index in [1.165, 1.54) is 0 Å². The number of hydrogen-bond acceptors (Lipinski definition) is 3. The highest BCUT2D eigenvalue weighted by molar-refractivity contribution is 7.80. The molecule has 0 bridgehead atoms. The highest BCUT2D eigenvalue weighted by Gasteiger charge is 1.96. The summed E-state index contributed by atoms with van der Waals surface area (Å²) in [4.78, 5) is 10.8. The van der Waals surface area contributed by atoms with Gasteiger partial charge in [0.25, 0.3) is 0 Å². The molecule has 0 fully saturated rings. The van der Waals surface area contributed by atoms with E-state index in [-0.39, 0.29) is 5.91 Å². The lowest BCUT2D eigenvalue weighted by molar-refractivity contribution is -0.121. The second kappa shape index (κ2) is 6.89. The van der Waals surface area contributed by atoms with Crippen LogP contribution in [-0.2, 0) is 4.79 Å². The molecule has 0 atom stereocenters. The number of hydrogen-bond donors (Lipinski definition) is 3. The Kier molecular flexibility index (Phi) is 6.74. The van der Waals surface area contributed by atoms with Crippen LogP contribution in [0.5, 0.6) is 0 Å². The lowest BCUT2D eigenvalue weighted by Gasteiger charge is -2.00. The summed E-state index contributed by atoms with van der Waals surface area (Å²) in [5, 5.41) is 2.70. The maximum absolute atomic E-state index is 10.8. The Morgan fingerprint density at radius 3 is 2.80 bits per heavy atom. The molecule has 0 heterocycles. The Bertz CT molecular complexity index is 87.7. The van der Waals surface area contributed by atoms with E-state index in [0.717, 1.165) is 6.42 Å². The minimum atomic E-state index is 0.0690. The van der Waals surface area contributed by atoms with E-state index < -0.39 is 0 Å². The van der Waals surface area contributed by atoms with Gasteiger partial charge in [-0.05, 0) is 13.0 Å². The van der Waals surface area contributed by atoms with Crippen molar-refractivity contribution in [1.82, 2.24) is 5.32 Å². The summed E-state index contributed by atoms with van der Waals surface area (Å²) in [6.45, 7) is 1.22. The first-order valence-corrected chi connectivity index (χ1v) is 4.02. The molecule has 0 aromatic carbocycles. The number of nitrogens with two attached hydrogens (primary N) is 1. The van der Waals surface area contributed by atoms with Crippen molar-refractivity contribution in [2.24, 2.45) is 5.73 Å². The number of carbonyl (C=O) groups is 1. The molecule has 4 heteroatoms. The van der Waals surface area contributed by atoms with Crippen molar-refractivity contribution >= 4 is 18.5 Å². The van der Waals surface area contributed by atoms with Gasteiger partial charge in [-0.1, -0.05) is 0 Å². The average molecular weight is 162 g/mol. The minimum absolute atomic E-state index is 0.0690. The second-order valence-electron chi connectivity index (χ2n) is 1.97. The van der Waals surface area contributed by atoms with E-state index in [4.69, 9.17) is 5.73 Å². The third-order valence-corrected chi connectivity index (χ3v) is 1.27. The molecule has 3 N–H and O–H groups in total. The first-order valence-electron chi connectivity index (χ1n) is 3.39. The van der Waals surface area contributed by atoms with Gasteiger partial charge in [-0.2, -0.15) is 12.6 Å². The molecule has 0 aliphatic rings. The van der Waals surface area contributed by atoms with E-state index in [1.54, 1.807) is 0 Å². The van der Waals surface area contributed by atoms with E-state index in [1.807, 2.05) is 0 Å². The van der Waals surface area contributed by atoms with Gasteiger partial charge >= 0.3 is 0 Å². The lowest BCUT2D eigenvalue weighted by atomic mass is 10.3. The van der Waals surface area contributed by atoms with E-state index in [2.05, 4.69) is 17.9 Å². The molecule has 0 rings (SSSR count). The Morgan fingerprint density at radius 2 is 2.30 bits per heavy atom. The fourth-order valence-corrected chi connectivity index (χ4v) is 0.658. The number of thiol groups is 1. The molecular formula is C6H14N2OS. The molecule has 0 radical (unpaired) electrons. The molecule has 0 saturated heterocycles. The summed E-state index contributed by atoms with van der Waals surface area (Å²) in [6, 6.07) is 0. The Hall–Kier alpha value is -0.220. The first kappa shape index (κ1) is 9.78. The van der Waals surface area contributed by atoms with E-state index in [0.29, 0.717) is 25.3 Å². The van der Waals surface area contributed by atoms with Crippen LogP contribution in [0.3, 0.4) is 0 Å². The fourth-order valence-electron chi connectivity index (χ4n) is 0.546. The van der Waals surface area contributed by atoms with Crippen LogP contribution in [0.4, 0.5) is 0 Å². The normalized spacial score (nSPS) is 9.40. The van der Waals surface area contributed by atoms with Crippen molar-refractivity contribution in [1.29, 1.82) is 0 Å². The standard InChI is InChI=1S/C6H14N2OS/c7-3-1-2-6(9)8-4-5-10/h10H,1-5,7H2,(H,8,9). The van der Waals surface area contributed by atoms with Gasteiger partial charge in [0.15, 0.2) is 0 Å². The van der Waals surface area contributed by atoms with Crippen LogP contribution in [0.15, 0.2) is 0 Å². The van der Waals surface area contributed by atoms with Crippen molar-refractivity contribution in [3.8, 4) is 0 Å². The van der Waals surface area contributed by atoms with Gasteiger partial charge in [0.05, 0.1) is 0 Å². The quantitative estimate of drug-likeness (QED) is 0.489. The molecule has 3 nitrogen and oxygen atoms in total. The summed E-state index contributed by atoms with van der Waals surface area (Å²) < 4.78 is 0. The number of carbonyl (C=O) groups excluding carboxylic acids is 1. The van der Waals surface area contributed by atoms with E-state index in [9.17, 15) is 4.79 Å². The lowest BCUT2D eigenvalue weighted by Crippen LogP contribution is -2.25. The molecule has 0 aromatic rings. The number of amides is 1. The minimum Gasteiger partial charge on any atom is -0.355 e. The monoisotopic (exact) mass is 162 g/mol. The van der Waals surface area contributed by atoms with Gasteiger partial charge in [-0.3, -0.25) is 4.79 Å². The molecule has 0 aliphatic carbocycles. The van der Waals surface area contributed by atoms with Gasteiger partial charge in [0, 0.05) is 18.7 Å². The molecule has 60 valence electrons. The topological polar surface area (TPSA) is 55.1 Å².